The lowest BCUT2D eigenvalue weighted by Crippen LogP contribution is -2.42. The predicted octanol–water partition coefficient (Wildman–Crippen LogP) is 3.49. The van der Waals surface area contributed by atoms with E-state index in [1.54, 1.807) is 6.07 Å². The Balaban J connectivity index is 1.37. The molecular weight excluding hydrogens is 466 g/mol. The molecule has 0 amide bonds. The summed E-state index contributed by atoms with van der Waals surface area (Å²) in [5.41, 5.74) is 2.80. The van der Waals surface area contributed by atoms with E-state index >= 15 is 0 Å². The summed E-state index contributed by atoms with van der Waals surface area (Å²) in [6.07, 6.45) is 5.27. The third-order valence-electron chi connectivity index (χ3n) is 6.46. The van der Waals surface area contributed by atoms with Gasteiger partial charge in [-0.15, -0.1) is 5.10 Å². The molecule has 3 aromatic rings. The minimum atomic E-state index is 0.259. The smallest absolute Gasteiger partial charge is 0.247 e. The quantitative estimate of drug-likeness (QED) is 0.486. The Morgan fingerprint density at radius 3 is 2.74 bits per heavy atom. The molecule has 0 spiro atoms. The number of aryl methyl sites for hydroxylation is 1. The first kappa shape index (κ1) is 23.3. The number of nitriles is 2. The van der Waals surface area contributed by atoms with E-state index in [0.717, 1.165) is 57.6 Å². The molecule has 2 N–H and O–H groups in total. The van der Waals surface area contributed by atoms with Crippen molar-refractivity contribution in [2.24, 2.45) is 0 Å². The Morgan fingerprint density at radius 1 is 1.23 bits per heavy atom. The monoisotopic (exact) mass is 491 g/mol. The van der Waals surface area contributed by atoms with Gasteiger partial charge in [-0.2, -0.15) is 20.0 Å². The van der Waals surface area contributed by atoms with E-state index in [-0.39, 0.29) is 5.95 Å². The molecule has 1 saturated carbocycles. The summed E-state index contributed by atoms with van der Waals surface area (Å²) in [6.45, 7) is 5.60. The first-order chi connectivity index (χ1) is 17.1. The molecule has 1 aliphatic carbocycles. The summed E-state index contributed by atoms with van der Waals surface area (Å²) in [7, 11) is 0. The Labute approximate surface area is 208 Å². The van der Waals surface area contributed by atoms with Crippen molar-refractivity contribution >= 4 is 34.7 Å². The van der Waals surface area contributed by atoms with Crippen LogP contribution in [-0.4, -0.2) is 62.9 Å². The zero-order valence-corrected chi connectivity index (χ0v) is 20.2. The second-order valence-corrected chi connectivity index (χ2v) is 9.36. The number of anilines is 3. The average molecular weight is 492 g/mol. The molecule has 2 aromatic heterocycles. The minimum absolute atomic E-state index is 0.259. The van der Waals surface area contributed by atoms with Crippen LogP contribution in [0.25, 0.3) is 5.65 Å². The van der Waals surface area contributed by atoms with E-state index in [1.807, 2.05) is 6.07 Å². The summed E-state index contributed by atoms with van der Waals surface area (Å²) in [6, 6.07) is 8.71. The van der Waals surface area contributed by atoms with Crippen LogP contribution in [0, 0.1) is 22.7 Å². The van der Waals surface area contributed by atoms with Crippen molar-refractivity contribution in [1.29, 1.82) is 10.5 Å². The van der Waals surface area contributed by atoms with Crippen molar-refractivity contribution in [2.45, 2.75) is 44.7 Å². The van der Waals surface area contributed by atoms with Gasteiger partial charge < -0.3 is 15.4 Å². The molecule has 5 rings (SSSR count). The maximum absolute atomic E-state index is 9.81. The number of hydrogen-bond acceptors (Lipinski definition) is 9. The average Bonchev–Trinajstić information content (AvgIpc) is 3.60. The molecule has 11 heteroatoms. The molecule has 2 aliphatic rings. The van der Waals surface area contributed by atoms with E-state index < -0.39 is 0 Å². The number of rotatable bonds is 8. The molecule has 10 nitrogen and oxygen atoms in total. The van der Waals surface area contributed by atoms with Gasteiger partial charge in [0.05, 0.1) is 41.8 Å². The molecule has 1 atom stereocenters. The predicted molar refractivity (Wildman–Crippen MR) is 132 cm³/mol. The van der Waals surface area contributed by atoms with Gasteiger partial charge in [0.15, 0.2) is 17.2 Å². The van der Waals surface area contributed by atoms with Gasteiger partial charge in [0.2, 0.25) is 5.95 Å². The highest BCUT2D eigenvalue weighted by Crippen LogP contribution is 2.31. The van der Waals surface area contributed by atoms with E-state index in [4.69, 9.17) is 16.3 Å². The van der Waals surface area contributed by atoms with E-state index in [0.29, 0.717) is 45.5 Å². The van der Waals surface area contributed by atoms with Crippen molar-refractivity contribution in [3.8, 4) is 12.1 Å². The fourth-order valence-electron chi connectivity index (χ4n) is 4.24. The zero-order chi connectivity index (χ0) is 24.4. The lowest BCUT2D eigenvalue weighted by Gasteiger charge is -2.32. The topological polar surface area (TPSA) is 127 Å². The molecule has 0 radical (unpaired) electrons. The van der Waals surface area contributed by atoms with Crippen LogP contribution in [-0.2, 0) is 11.2 Å². The van der Waals surface area contributed by atoms with Gasteiger partial charge in [0, 0.05) is 25.2 Å². The number of imidazole rings is 1. The number of benzene rings is 1. The van der Waals surface area contributed by atoms with E-state index in [2.05, 4.69) is 49.7 Å². The molecule has 1 unspecified atom stereocenters. The number of morpholine rings is 1. The zero-order valence-electron chi connectivity index (χ0n) is 19.5. The van der Waals surface area contributed by atoms with E-state index in [9.17, 15) is 10.5 Å². The number of ether oxygens (including phenoxy) is 1. The number of nitrogens with zero attached hydrogens (tertiary/aromatic N) is 7. The van der Waals surface area contributed by atoms with Crippen LogP contribution in [0.15, 0.2) is 18.3 Å². The maximum Gasteiger partial charge on any atom is 0.247 e. The van der Waals surface area contributed by atoms with Crippen molar-refractivity contribution in [2.75, 3.05) is 36.9 Å². The van der Waals surface area contributed by atoms with Crippen LogP contribution < -0.4 is 10.6 Å². The third-order valence-corrected chi connectivity index (χ3v) is 6.77. The maximum atomic E-state index is 9.81. The van der Waals surface area contributed by atoms with Gasteiger partial charge in [-0.3, -0.25) is 4.90 Å². The van der Waals surface area contributed by atoms with Gasteiger partial charge in [0.25, 0.3) is 0 Å². The van der Waals surface area contributed by atoms with Crippen molar-refractivity contribution in [3.05, 3.63) is 40.2 Å². The SMILES string of the molecule is CC(CCc1cc(Cl)c(Nc2nc(NC3CC3)c3ncc(C#N)n3n2)cc1C#N)N1CCOCC1. The summed E-state index contributed by atoms with van der Waals surface area (Å²) in [4.78, 5) is 11.3. The first-order valence-electron chi connectivity index (χ1n) is 11.8. The van der Waals surface area contributed by atoms with Crippen molar-refractivity contribution < 1.29 is 4.74 Å². The molecule has 1 aromatic carbocycles. The minimum Gasteiger partial charge on any atom is -0.379 e. The van der Waals surface area contributed by atoms with Crippen LogP contribution in [0.1, 0.15) is 43.0 Å². The molecule has 180 valence electrons. The molecule has 35 heavy (non-hydrogen) atoms. The number of aromatic nitrogens is 4. The number of nitrogens with one attached hydrogen (secondary N) is 2. The summed E-state index contributed by atoms with van der Waals surface area (Å²) in [5.74, 6) is 0.812. The second kappa shape index (κ2) is 10.0. The summed E-state index contributed by atoms with van der Waals surface area (Å²) < 4.78 is 6.90. The van der Waals surface area contributed by atoms with Gasteiger partial charge in [-0.1, -0.05) is 11.6 Å². The molecule has 1 aliphatic heterocycles. The van der Waals surface area contributed by atoms with Gasteiger partial charge in [-0.05, 0) is 50.3 Å². The summed E-state index contributed by atoms with van der Waals surface area (Å²) in [5, 5.41) is 30.6. The van der Waals surface area contributed by atoms with Crippen LogP contribution in [0.2, 0.25) is 5.02 Å². The number of halogens is 1. The number of fused-ring (bicyclic) bond motifs is 1. The van der Waals surface area contributed by atoms with Crippen molar-refractivity contribution in [1.82, 2.24) is 24.5 Å². The Kier molecular flexibility index (Phi) is 6.69. The Bertz CT molecular complexity index is 1320. The second-order valence-electron chi connectivity index (χ2n) is 8.96. The summed E-state index contributed by atoms with van der Waals surface area (Å²) >= 11 is 6.62. The van der Waals surface area contributed by atoms with Crippen LogP contribution >= 0.6 is 11.6 Å². The van der Waals surface area contributed by atoms with Gasteiger partial charge in [0.1, 0.15) is 6.07 Å². The lowest BCUT2D eigenvalue weighted by atomic mass is 9.99. The highest BCUT2D eigenvalue weighted by atomic mass is 35.5. The molecule has 1 saturated heterocycles. The molecule has 3 heterocycles. The fraction of sp³-hybridized carbons (Fsp3) is 0.458. The lowest BCUT2D eigenvalue weighted by molar-refractivity contribution is 0.0187. The van der Waals surface area contributed by atoms with Gasteiger partial charge in [-0.25, -0.2) is 4.98 Å². The van der Waals surface area contributed by atoms with Crippen LogP contribution in [0.5, 0.6) is 0 Å². The molecular formula is C24H26ClN9O. The number of hydrogen-bond donors (Lipinski definition) is 2. The molecule has 0 bridgehead atoms. The van der Waals surface area contributed by atoms with E-state index in [1.165, 1.54) is 10.7 Å². The largest absolute Gasteiger partial charge is 0.379 e. The van der Waals surface area contributed by atoms with Crippen LogP contribution in [0.3, 0.4) is 0 Å². The Morgan fingerprint density at radius 2 is 2.03 bits per heavy atom. The van der Waals surface area contributed by atoms with Crippen LogP contribution in [0.4, 0.5) is 17.5 Å². The van der Waals surface area contributed by atoms with Gasteiger partial charge >= 0.3 is 0 Å². The first-order valence-corrected chi connectivity index (χ1v) is 12.2. The Hall–Kier alpha value is -3.44. The highest BCUT2D eigenvalue weighted by molar-refractivity contribution is 6.33. The highest BCUT2D eigenvalue weighted by Gasteiger charge is 2.24. The molecule has 2 fully saturated rings. The fourth-order valence-corrected chi connectivity index (χ4v) is 4.47. The standard InChI is InChI=1S/C24H26ClN9O/c1-15(33-6-8-35-9-7-33)2-3-16-10-20(25)21(11-17(16)12-26)30-24-31-22(29-18-4-5-18)23-28-14-19(13-27)34(23)32-24/h10-11,14-15,18H,2-9H2,1H3,(H2,29,30,31,32). The normalized spacial score (nSPS) is 17.0. The van der Waals surface area contributed by atoms with Crippen molar-refractivity contribution in [3.63, 3.8) is 0 Å². The third kappa shape index (κ3) is 5.15.